The van der Waals surface area contributed by atoms with Crippen LogP contribution >= 0.6 is 0 Å². The van der Waals surface area contributed by atoms with Crippen LogP contribution < -0.4 is 5.32 Å². The Balaban J connectivity index is 1.44. The zero-order valence-corrected chi connectivity index (χ0v) is 22.1. The van der Waals surface area contributed by atoms with Gasteiger partial charge in [0.1, 0.15) is 0 Å². The molecule has 8 rings (SSSR count). The number of hydrogen-bond donors (Lipinski definition) is 1. The van der Waals surface area contributed by atoms with E-state index in [2.05, 4.69) is 121 Å². The molecular formula is C38H31N. The van der Waals surface area contributed by atoms with Crippen molar-refractivity contribution >= 4 is 54.5 Å². The molecule has 7 aromatic rings. The first-order valence-corrected chi connectivity index (χ1v) is 14.4. The highest BCUT2D eigenvalue weighted by Gasteiger charge is 2.20. The van der Waals surface area contributed by atoms with E-state index in [0.29, 0.717) is 5.92 Å². The molecule has 1 fully saturated rings. The monoisotopic (exact) mass is 501 g/mol. The predicted molar refractivity (Wildman–Crippen MR) is 169 cm³/mol. The Morgan fingerprint density at radius 2 is 1.18 bits per heavy atom. The molecule has 1 aliphatic rings. The summed E-state index contributed by atoms with van der Waals surface area (Å²) in [4.78, 5) is 0. The molecule has 0 aliphatic heterocycles. The third-order valence-corrected chi connectivity index (χ3v) is 8.97. The summed E-state index contributed by atoms with van der Waals surface area (Å²) in [6.45, 7) is 0. The van der Waals surface area contributed by atoms with Crippen molar-refractivity contribution in [3.05, 3.63) is 121 Å². The van der Waals surface area contributed by atoms with Gasteiger partial charge in [-0.05, 0) is 85.8 Å². The van der Waals surface area contributed by atoms with Gasteiger partial charge in [0, 0.05) is 16.6 Å². The van der Waals surface area contributed by atoms with Gasteiger partial charge in [0.15, 0.2) is 0 Å². The molecule has 0 atom stereocenters. The third-order valence-electron chi connectivity index (χ3n) is 8.97. The Kier molecular flexibility index (Phi) is 5.29. The lowest BCUT2D eigenvalue weighted by Gasteiger charge is -2.23. The lowest BCUT2D eigenvalue weighted by molar-refractivity contribution is 0.443. The molecule has 0 radical (unpaired) electrons. The van der Waals surface area contributed by atoms with Crippen LogP contribution in [-0.4, -0.2) is 0 Å². The smallest absolute Gasteiger partial charge is 0.0550 e. The van der Waals surface area contributed by atoms with Gasteiger partial charge < -0.3 is 5.32 Å². The van der Waals surface area contributed by atoms with Crippen LogP contribution in [0.5, 0.6) is 0 Å². The van der Waals surface area contributed by atoms with Gasteiger partial charge in [-0.2, -0.15) is 0 Å². The van der Waals surface area contributed by atoms with Crippen molar-refractivity contribution in [2.45, 2.75) is 38.0 Å². The minimum Gasteiger partial charge on any atom is -0.354 e. The topological polar surface area (TPSA) is 12.0 Å². The van der Waals surface area contributed by atoms with E-state index in [1.54, 1.807) is 0 Å². The normalized spacial score (nSPS) is 14.6. The lowest BCUT2D eigenvalue weighted by atomic mass is 9.83. The van der Waals surface area contributed by atoms with Gasteiger partial charge >= 0.3 is 0 Å². The zero-order valence-electron chi connectivity index (χ0n) is 22.1. The maximum Gasteiger partial charge on any atom is 0.0550 e. The number of nitrogens with one attached hydrogen (secondary N) is 1. The van der Waals surface area contributed by atoms with Crippen LogP contribution in [0.3, 0.4) is 0 Å². The first-order chi connectivity index (χ1) is 19.3. The summed E-state index contributed by atoms with van der Waals surface area (Å²) in [6, 6.07) is 42.8. The SMILES string of the molecule is c1ccc(Nc2c(-c3ccc(C4CCCCC4)cc3)cc3cccc4c5cccc6cccc(c2c34)c65)cc1. The average Bonchev–Trinajstić information content (AvgIpc) is 3.01. The average molecular weight is 502 g/mol. The lowest BCUT2D eigenvalue weighted by Crippen LogP contribution is -2.04. The van der Waals surface area contributed by atoms with E-state index in [1.807, 2.05) is 0 Å². The quantitative estimate of drug-likeness (QED) is 0.187. The Hall–Kier alpha value is -4.36. The Labute approximate surface area is 229 Å². The van der Waals surface area contributed by atoms with E-state index in [-0.39, 0.29) is 0 Å². The summed E-state index contributed by atoms with van der Waals surface area (Å²) in [5.74, 6) is 0.712. The molecule has 0 amide bonds. The summed E-state index contributed by atoms with van der Waals surface area (Å²) < 4.78 is 0. The number of hydrogen-bond acceptors (Lipinski definition) is 1. The Morgan fingerprint density at radius 1 is 0.513 bits per heavy atom. The van der Waals surface area contributed by atoms with Gasteiger partial charge in [-0.25, -0.2) is 0 Å². The fourth-order valence-corrected chi connectivity index (χ4v) is 7.12. The molecule has 1 heteroatoms. The molecule has 0 unspecified atom stereocenters. The van der Waals surface area contributed by atoms with Gasteiger partial charge in [0.05, 0.1) is 5.69 Å². The molecule has 188 valence electrons. The maximum absolute atomic E-state index is 3.90. The van der Waals surface area contributed by atoms with E-state index in [9.17, 15) is 0 Å². The summed E-state index contributed by atoms with van der Waals surface area (Å²) >= 11 is 0. The van der Waals surface area contributed by atoms with Crippen LogP contribution in [0.2, 0.25) is 0 Å². The van der Waals surface area contributed by atoms with Gasteiger partial charge in [-0.15, -0.1) is 0 Å². The van der Waals surface area contributed by atoms with Crippen LogP contribution in [0, 0.1) is 0 Å². The Bertz CT molecular complexity index is 1940. The van der Waals surface area contributed by atoms with Crippen molar-refractivity contribution in [2.75, 3.05) is 5.32 Å². The molecule has 7 aromatic carbocycles. The van der Waals surface area contributed by atoms with Crippen molar-refractivity contribution < 1.29 is 0 Å². The fraction of sp³-hybridized carbons (Fsp3) is 0.158. The van der Waals surface area contributed by atoms with Gasteiger partial charge in [0.2, 0.25) is 0 Å². The van der Waals surface area contributed by atoms with Gasteiger partial charge in [-0.3, -0.25) is 0 Å². The van der Waals surface area contributed by atoms with Gasteiger partial charge in [0.25, 0.3) is 0 Å². The second-order valence-electron chi connectivity index (χ2n) is 11.2. The van der Waals surface area contributed by atoms with Crippen molar-refractivity contribution in [1.82, 2.24) is 0 Å². The minimum atomic E-state index is 0.712. The second kappa shape index (κ2) is 9.13. The van der Waals surface area contributed by atoms with Crippen LogP contribution in [0.4, 0.5) is 11.4 Å². The summed E-state index contributed by atoms with van der Waals surface area (Å²) in [6.07, 6.45) is 6.77. The highest BCUT2D eigenvalue weighted by atomic mass is 14.9. The molecule has 0 saturated heterocycles. The number of fused-ring (bicyclic) bond motifs is 2. The van der Waals surface area contributed by atoms with E-state index >= 15 is 0 Å². The number of rotatable bonds is 4. The number of anilines is 2. The van der Waals surface area contributed by atoms with Crippen LogP contribution in [0.15, 0.2) is 115 Å². The highest BCUT2D eigenvalue weighted by Crippen LogP contribution is 2.47. The minimum absolute atomic E-state index is 0.712. The predicted octanol–water partition coefficient (Wildman–Crippen LogP) is 11.2. The number of benzene rings is 7. The van der Waals surface area contributed by atoms with E-state index in [4.69, 9.17) is 0 Å². The van der Waals surface area contributed by atoms with Crippen LogP contribution in [-0.2, 0) is 0 Å². The second-order valence-corrected chi connectivity index (χ2v) is 11.2. The van der Waals surface area contributed by atoms with Crippen molar-refractivity contribution in [1.29, 1.82) is 0 Å². The molecule has 0 aromatic heterocycles. The summed E-state index contributed by atoms with van der Waals surface area (Å²) in [5, 5.41) is 14.4. The number of para-hydroxylation sites is 1. The third kappa shape index (κ3) is 3.68. The summed E-state index contributed by atoms with van der Waals surface area (Å²) in [7, 11) is 0. The molecule has 1 N–H and O–H groups in total. The first-order valence-electron chi connectivity index (χ1n) is 14.4. The molecule has 0 bridgehead atoms. The molecule has 0 heterocycles. The first kappa shape index (κ1) is 22.6. The van der Waals surface area contributed by atoms with Crippen molar-refractivity contribution in [3.63, 3.8) is 0 Å². The molecule has 1 aliphatic carbocycles. The summed E-state index contributed by atoms with van der Waals surface area (Å²) in [5.41, 5.74) is 6.32. The molecular weight excluding hydrogens is 470 g/mol. The van der Waals surface area contributed by atoms with Crippen molar-refractivity contribution in [3.8, 4) is 11.1 Å². The van der Waals surface area contributed by atoms with E-state index in [0.717, 1.165) is 5.69 Å². The van der Waals surface area contributed by atoms with Crippen molar-refractivity contribution in [2.24, 2.45) is 0 Å². The van der Waals surface area contributed by atoms with Crippen LogP contribution in [0.1, 0.15) is 43.6 Å². The molecule has 1 nitrogen and oxygen atoms in total. The zero-order chi connectivity index (χ0) is 25.8. The highest BCUT2D eigenvalue weighted by molar-refractivity contribution is 6.36. The Morgan fingerprint density at radius 3 is 1.92 bits per heavy atom. The molecule has 39 heavy (non-hydrogen) atoms. The maximum atomic E-state index is 3.90. The largest absolute Gasteiger partial charge is 0.354 e. The van der Waals surface area contributed by atoms with Crippen LogP contribution in [0.25, 0.3) is 54.2 Å². The standard InChI is InChI=1S/C38H31N/c1-3-10-25(11-4-1)26-20-22-27(23-21-26)34-24-29-14-9-18-32-31-17-7-12-28-13-8-19-33(35(28)31)37(36(29)32)38(34)39-30-15-5-2-6-16-30/h2,5-9,12-25,39H,1,3-4,10-11H2. The molecule has 1 saturated carbocycles. The van der Waals surface area contributed by atoms with E-state index in [1.165, 1.54) is 97.6 Å². The fourth-order valence-electron chi connectivity index (χ4n) is 7.12. The van der Waals surface area contributed by atoms with Gasteiger partial charge in [-0.1, -0.05) is 116 Å². The van der Waals surface area contributed by atoms with E-state index < -0.39 is 0 Å². The molecule has 0 spiro atoms.